The van der Waals surface area contributed by atoms with Gasteiger partial charge in [-0.25, -0.2) is 8.78 Å². The van der Waals surface area contributed by atoms with Gasteiger partial charge in [-0.1, -0.05) is 6.58 Å². The van der Waals surface area contributed by atoms with Gasteiger partial charge < -0.3 is 5.11 Å². The predicted octanol–water partition coefficient (Wildman–Crippen LogP) is 3.08. The number of halogens is 3. The monoisotopic (exact) mass is 164 g/mol. The van der Waals surface area contributed by atoms with Crippen molar-refractivity contribution in [2.75, 3.05) is 0 Å². The Balaban J connectivity index is 4.81. The van der Waals surface area contributed by atoms with Crippen LogP contribution in [-0.2, 0) is 0 Å². The maximum absolute atomic E-state index is 12.3. The normalized spacial score (nSPS) is 14.4. The van der Waals surface area contributed by atoms with Gasteiger partial charge in [0, 0.05) is 0 Å². The van der Waals surface area contributed by atoms with Gasteiger partial charge in [0.15, 0.2) is 11.7 Å². The minimum Gasteiger partial charge on any atom is -0.505 e. The van der Waals surface area contributed by atoms with Gasteiger partial charge in [-0.2, -0.15) is 4.39 Å². The zero-order valence-electron chi connectivity index (χ0n) is 5.87. The second-order valence-electron chi connectivity index (χ2n) is 1.71. The minimum absolute atomic E-state index is 0.734. The molecule has 0 spiro atoms. The standard InChI is InChI=1S/C7H7F3O/c1-3-5(8)7(10)6(9)4(2)11/h3,11H,2H2,1H3/b5-3+,7-6-. The summed E-state index contributed by atoms with van der Waals surface area (Å²) >= 11 is 0. The van der Waals surface area contributed by atoms with E-state index in [9.17, 15) is 13.2 Å². The van der Waals surface area contributed by atoms with Crippen LogP contribution in [0.25, 0.3) is 0 Å². The number of rotatable bonds is 2. The number of allylic oxidation sites excluding steroid dienone is 4. The van der Waals surface area contributed by atoms with Crippen molar-refractivity contribution in [3.63, 3.8) is 0 Å². The van der Waals surface area contributed by atoms with Crippen molar-refractivity contribution in [3.05, 3.63) is 35.9 Å². The molecule has 0 aliphatic rings. The first-order valence-electron chi connectivity index (χ1n) is 2.76. The summed E-state index contributed by atoms with van der Waals surface area (Å²) in [5.74, 6) is -5.90. The smallest absolute Gasteiger partial charge is 0.202 e. The van der Waals surface area contributed by atoms with Crippen LogP contribution in [0.15, 0.2) is 35.9 Å². The lowest BCUT2D eigenvalue weighted by molar-refractivity contribution is 0.376. The Morgan fingerprint density at radius 3 is 2.00 bits per heavy atom. The van der Waals surface area contributed by atoms with Crippen molar-refractivity contribution in [1.29, 1.82) is 0 Å². The van der Waals surface area contributed by atoms with Crippen LogP contribution < -0.4 is 0 Å². The zero-order valence-corrected chi connectivity index (χ0v) is 5.87. The molecule has 0 amide bonds. The van der Waals surface area contributed by atoms with E-state index < -0.39 is 23.2 Å². The molecule has 0 radical (unpaired) electrons. The summed E-state index contributed by atoms with van der Waals surface area (Å²) in [5.41, 5.74) is 0. The van der Waals surface area contributed by atoms with Gasteiger partial charge in [-0.3, -0.25) is 0 Å². The van der Waals surface area contributed by atoms with Crippen LogP contribution in [0, 0.1) is 0 Å². The van der Waals surface area contributed by atoms with Crippen molar-refractivity contribution in [1.82, 2.24) is 0 Å². The molecule has 0 saturated heterocycles. The van der Waals surface area contributed by atoms with Crippen LogP contribution in [0.1, 0.15) is 6.92 Å². The van der Waals surface area contributed by atoms with E-state index in [1.54, 1.807) is 0 Å². The molecule has 62 valence electrons. The second-order valence-corrected chi connectivity index (χ2v) is 1.71. The molecule has 0 aliphatic heterocycles. The summed E-state index contributed by atoms with van der Waals surface area (Å²) in [6, 6.07) is 0. The van der Waals surface area contributed by atoms with E-state index in [1.807, 2.05) is 0 Å². The van der Waals surface area contributed by atoms with Crippen molar-refractivity contribution < 1.29 is 18.3 Å². The van der Waals surface area contributed by atoms with E-state index in [-0.39, 0.29) is 0 Å². The molecule has 0 saturated carbocycles. The molecule has 0 rings (SSSR count). The Morgan fingerprint density at radius 2 is 1.73 bits per heavy atom. The average molecular weight is 164 g/mol. The molecule has 0 aromatic rings. The molecule has 1 N–H and O–H groups in total. The molecule has 0 atom stereocenters. The molecule has 0 bridgehead atoms. The number of hydrogen-bond acceptors (Lipinski definition) is 1. The van der Waals surface area contributed by atoms with E-state index in [1.165, 1.54) is 6.92 Å². The van der Waals surface area contributed by atoms with Crippen molar-refractivity contribution in [2.45, 2.75) is 6.92 Å². The Hall–Kier alpha value is -1.19. The third-order valence-electron chi connectivity index (χ3n) is 0.909. The maximum atomic E-state index is 12.3. The molecule has 0 fully saturated rings. The van der Waals surface area contributed by atoms with Crippen molar-refractivity contribution in [3.8, 4) is 0 Å². The summed E-state index contributed by atoms with van der Waals surface area (Å²) < 4.78 is 36.7. The first-order chi connectivity index (χ1) is 5.00. The van der Waals surface area contributed by atoms with E-state index in [0.717, 1.165) is 6.08 Å². The van der Waals surface area contributed by atoms with E-state index in [2.05, 4.69) is 6.58 Å². The molecule has 4 heteroatoms. The van der Waals surface area contributed by atoms with Gasteiger partial charge in [-0.05, 0) is 13.0 Å². The van der Waals surface area contributed by atoms with Gasteiger partial charge in [0.25, 0.3) is 0 Å². The SMILES string of the molecule is C=C(O)/C(F)=C(F)\C(F)=C/C. The lowest BCUT2D eigenvalue weighted by atomic mass is 10.3. The van der Waals surface area contributed by atoms with Crippen LogP contribution in [0.2, 0.25) is 0 Å². The second kappa shape index (κ2) is 3.85. The highest BCUT2D eigenvalue weighted by molar-refractivity contribution is 5.29. The Kier molecular flexibility index (Phi) is 3.44. The average Bonchev–Trinajstić information content (AvgIpc) is 2.00. The van der Waals surface area contributed by atoms with Crippen LogP contribution in [0.3, 0.4) is 0 Å². The molecule has 0 heterocycles. The lowest BCUT2D eigenvalue weighted by Crippen LogP contribution is -1.85. The highest BCUT2D eigenvalue weighted by atomic mass is 19.2. The number of aliphatic hydroxyl groups is 1. The van der Waals surface area contributed by atoms with Gasteiger partial charge in [0.2, 0.25) is 5.83 Å². The molecular weight excluding hydrogens is 157 g/mol. The third-order valence-corrected chi connectivity index (χ3v) is 0.909. The van der Waals surface area contributed by atoms with Gasteiger partial charge in [0.05, 0.1) is 0 Å². The number of hydrogen-bond donors (Lipinski definition) is 1. The molecule has 0 aromatic carbocycles. The van der Waals surface area contributed by atoms with Gasteiger partial charge in [-0.15, -0.1) is 0 Å². The minimum atomic E-state index is -1.74. The lowest BCUT2D eigenvalue weighted by Gasteiger charge is -1.95. The van der Waals surface area contributed by atoms with E-state index in [0.29, 0.717) is 0 Å². The van der Waals surface area contributed by atoms with Crippen LogP contribution >= 0.6 is 0 Å². The fourth-order valence-electron chi connectivity index (χ4n) is 0.358. The third kappa shape index (κ3) is 2.49. The summed E-state index contributed by atoms with van der Waals surface area (Å²) in [5, 5.41) is 8.27. The van der Waals surface area contributed by atoms with Crippen molar-refractivity contribution >= 4 is 0 Å². The summed E-state index contributed by atoms with van der Waals surface area (Å²) in [4.78, 5) is 0. The summed E-state index contributed by atoms with van der Waals surface area (Å²) in [6.45, 7) is 3.88. The molecule has 0 aliphatic carbocycles. The van der Waals surface area contributed by atoms with E-state index in [4.69, 9.17) is 5.11 Å². The van der Waals surface area contributed by atoms with E-state index >= 15 is 0 Å². The highest BCUT2D eigenvalue weighted by Gasteiger charge is 2.12. The predicted molar refractivity (Wildman–Crippen MR) is 35.9 cm³/mol. The van der Waals surface area contributed by atoms with Crippen LogP contribution in [-0.4, -0.2) is 5.11 Å². The largest absolute Gasteiger partial charge is 0.505 e. The van der Waals surface area contributed by atoms with Gasteiger partial charge >= 0.3 is 0 Å². The molecule has 0 aromatic heterocycles. The first-order valence-corrected chi connectivity index (χ1v) is 2.76. The summed E-state index contributed by atoms with van der Waals surface area (Å²) in [7, 11) is 0. The van der Waals surface area contributed by atoms with Crippen molar-refractivity contribution in [2.24, 2.45) is 0 Å². The highest BCUT2D eigenvalue weighted by Crippen LogP contribution is 2.21. The fourth-order valence-corrected chi connectivity index (χ4v) is 0.358. The molecule has 0 unspecified atom stereocenters. The van der Waals surface area contributed by atoms with Crippen LogP contribution in [0.4, 0.5) is 13.2 Å². The molecule has 11 heavy (non-hydrogen) atoms. The quantitative estimate of drug-likeness (QED) is 0.491. The maximum Gasteiger partial charge on any atom is 0.202 e. The Labute approximate surface area is 62.2 Å². The first kappa shape index (κ1) is 9.81. The summed E-state index contributed by atoms with van der Waals surface area (Å²) in [6.07, 6.45) is 0.734. The number of aliphatic hydroxyl groups excluding tert-OH is 1. The zero-order chi connectivity index (χ0) is 9.02. The molecular formula is C7H7F3O. The Morgan fingerprint density at radius 1 is 1.27 bits per heavy atom. The Bertz CT molecular complexity index is 228. The van der Waals surface area contributed by atoms with Gasteiger partial charge in [0.1, 0.15) is 5.76 Å². The van der Waals surface area contributed by atoms with Crippen LogP contribution in [0.5, 0.6) is 0 Å². The topological polar surface area (TPSA) is 20.2 Å². The molecule has 1 nitrogen and oxygen atoms in total. The fraction of sp³-hybridized carbons (Fsp3) is 0.143.